The van der Waals surface area contributed by atoms with Crippen LogP contribution in [-0.2, 0) is 19.6 Å². The van der Waals surface area contributed by atoms with Gasteiger partial charge in [0.2, 0.25) is 6.79 Å². The lowest BCUT2D eigenvalue weighted by atomic mass is 10.0. The van der Waals surface area contributed by atoms with Gasteiger partial charge in [-0.05, 0) is 101 Å². The van der Waals surface area contributed by atoms with Gasteiger partial charge in [0, 0.05) is 24.2 Å². The normalized spacial score (nSPS) is 13.3. The fourth-order valence-electron chi connectivity index (χ4n) is 5.34. The average Bonchev–Trinajstić information content (AvgIpc) is 3.61. The molecule has 1 N–H and O–H groups in total. The van der Waals surface area contributed by atoms with E-state index in [1.165, 1.54) is 17.7 Å². The van der Waals surface area contributed by atoms with Gasteiger partial charge >= 0.3 is 0 Å². The number of fused-ring (bicyclic) bond motifs is 2. The Labute approximate surface area is 236 Å². The van der Waals surface area contributed by atoms with E-state index in [-0.39, 0.29) is 24.2 Å². The third-order valence-electron chi connectivity index (χ3n) is 7.66. The summed E-state index contributed by atoms with van der Waals surface area (Å²) in [4.78, 5) is 18.6. The van der Waals surface area contributed by atoms with Gasteiger partial charge < -0.3 is 14.5 Å². The van der Waals surface area contributed by atoms with Crippen molar-refractivity contribution in [3.05, 3.63) is 110 Å². The summed E-state index contributed by atoms with van der Waals surface area (Å²) in [6.45, 7) is 7.66. The van der Waals surface area contributed by atoms with Crippen LogP contribution in [0.25, 0.3) is 10.9 Å². The molecule has 3 heterocycles. The molecule has 0 fully saturated rings. The molecule has 9 nitrogen and oxygen atoms in total. The van der Waals surface area contributed by atoms with Crippen molar-refractivity contribution in [3.8, 4) is 11.5 Å². The van der Waals surface area contributed by atoms with E-state index in [9.17, 15) is 9.18 Å². The van der Waals surface area contributed by atoms with Crippen molar-refractivity contribution >= 4 is 10.9 Å². The van der Waals surface area contributed by atoms with Crippen LogP contribution in [0.5, 0.6) is 11.5 Å². The van der Waals surface area contributed by atoms with Crippen LogP contribution in [0.15, 0.2) is 65.5 Å². The van der Waals surface area contributed by atoms with E-state index >= 15 is 0 Å². The lowest BCUT2D eigenvalue weighted by molar-refractivity contribution is 0.161. The monoisotopic (exact) mass is 554 g/mol. The van der Waals surface area contributed by atoms with Crippen molar-refractivity contribution in [3.63, 3.8) is 0 Å². The fourth-order valence-corrected chi connectivity index (χ4v) is 5.34. The molecule has 0 spiro atoms. The van der Waals surface area contributed by atoms with E-state index in [0.717, 1.165) is 27.6 Å². The second kappa shape index (κ2) is 11.1. The second-order valence-corrected chi connectivity index (χ2v) is 10.5. The first-order valence-electron chi connectivity index (χ1n) is 13.6. The number of aromatic amines is 1. The maximum Gasteiger partial charge on any atom is 0.252 e. The number of nitrogens with one attached hydrogen (secondary N) is 1. The lowest BCUT2D eigenvalue weighted by Crippen LogP contribution is -2.32. The Morgan fingerprint density at radius 3 is 2.54 bits per heavy atom. The van der Waals surface area contributed by atoms with Crippen molar-refractivity contribution in [2.75, 3.05) is 6.79 Å². The SMILES string of the molecule is CCC(c1nnnn1Cc1ccc(F)cc1)N(Cc1ccc2c(c1)OCO2)Cc1cc2cc(C)c(C)cc2[nH]c1=O. The molecular weight excluding hydrogens is 523 g/mol. The van der Waals surface area contributed by atoms with Gasteiger partial charge in [0.05, 0.1) is 12.6 Å². The molecule has 0 radical (unpaired) electrons. The number of H-pyrrole nitrogens is 1. The van der Waals surface area contributed by atoms with E-state index < -0.39 is 0 Å². The van der Waals surface area contributed by atoms with Crippen molar-refractivity contribution in [1.29, 1.82) is 0 Å². The zero-order valence-corrected chi connectivity index (χ0v) is 23.2. The predicted molar refractivity (Wildman–Crippen MR) is 152 cm³/mol. The van der Waals surface area contributed by atoms with Gasteiger partial charge in [-0.15, -0.1) is 5.10 Å². The minimum atomic E-state index is -0.294. The summed E-state index contributed by atoms with van der Waals surface area (Å²) < 4.78 is 26.4. The number of benzene rings is 3. The van der Waals surface area contributed by atoms with Crippen molar-refractivity contribution < 1.29 is 13.9 Å². The highest BCUT2D eigenvalue weighted by atomic mass is 19.1. The number of hydrogen-bond donors (Lipinski definition) is 1. The van der Waals surface area contributed by atoms with Crippen LogP contribution >= 0.6 is 0 Å². The van der Waals surface area contributed by atoms with Crippen molar-refractivity contribution in [2.24, 2.45) is 0 Å². The molecular formula is C31H31FN6O3. The standard InChI is InChI=1S/C31H31FN6O3/c1-4-27(30-34-35-36-38(30)16-21-5-8-25(32)9-6-21)37(15-22-7-10-28-29(13-22)41-18-40-28)17-24-14-23-11-19(2)20(3)12-26(23)33-31(24)39/h5-14,27H,4,15-18H2,1-3H3,(H,33,39). The minimum Gasteiger partial charge on any atom is -0.454 e. The van der Waals surface area contributed by atoms with Crippen molar-refractivity contribution in [2.45, 2.75) is 52.9 Å². The average molecular weight is 555 g/mol. The number of nitrogens with zero attached hydrogens (tertiary/aromatic N) is 5. The Kier molecular flexibility index (Phi) is 7.23. The van der Waals surface area contributed by atoms with Crippen LogP contribution in [0.4, 0.5) is 4.39 Å². The van der Waals surface area contributed by atoms with Gasteiger partial charge in [-0.3, -0.25) is 9.69 Å². The molecule has 1 aliphatic heterocycles. The summed E-state index contributed by atoms with van der Waals surface area (Å²) in [7, 11) is 0. The van der Waals surface area contributed by atoms with Gasteiger partial charge in [0.15, 0.2) is 17.3 Å². The molecule has 0 aliphatic carbocycles. The minimum absolute atomic E-state index is 0.128. The highest BCUT2D eigenvalue weighted by Crippen LogP contribution is 2.34. The molecule has 0 amide bonds. The molecule has 10 heteroatoms. The molecule has 41 heavy (non-hydrogen) atoms. The number of aryl methyl sites for hydroxylation is 2. The van der Waals surface area contributed by atoms with E-state index in [4.69, 9.17) is 9.47 Å². The first-order chi connectivity index (χ1) is 19.9. The summed E-state index contributed by atoms with van der Waals surface area (Å²) in [6, 6.07) is 18.1. The molecule has 3 aromatic carbocycles. The summed E-state index contributed by atoms with van der Waals surface area (Å²) in [5.74, 6) is 1.79. The van der Waals surface area contributed by atoms with Crippen LogP contribution in [0.1, 0.15) is 53.0 Å². The van der Waals surface area contributed by atoms with Crippen LogP contribution < -0.4 is 15.0 Å². The van der Waals surface area contributed by atoms with Crippen molar-refractivity contribution in [1.82, 2.24) is 30.1 Å². The first kappa shape index (κ1) is 26.6. The molecule has 1 atom stereocenters. The number of hydrogen-bond acceptors (Lipinski definition) is 7. The smallest absolute Gasteiger partial charge is 0.252 e. The summed E-state index contributed by atoms with van der Waals surface area (Å²) >= 11 is 0. The molecule has 0 saturated carbocycles. The van der Waals surface area contributed by atoms with Gasteiger partial charge in [-0.1, -0.05) is 25.1 Å². The number of halogens is 1. The van der Waals surface area contributed by atoms with Gasteiger partial charge in [-0.2, -0.15) is 0 Å². The maximum atomic E-state index is 13.5. The number of aromatic nitrogens is 5. The largest absolute Gasteiger partial charge is 0.454 e. The number of tetrazole rings is 1. The van der Waals surface area contributed by atoms with Crippen LogP contribution in [0.2, 0.25) is 0 Å². The topological polar surface area (TPSA) is 98.2 Å². The zero-order chi connectivity index (χ0) is 28.5. The number of rotatable bonds is 9. The quantitative estimate of drug-likeness (QED) is 0.267. The molecule has 6 rings (SSSR count). The van der Waals surface area contributed by atoms with E-state index in [2.05, 4.69) is 45.3 Å². The Hall–Kier alpha value is -4.57. The molecule has 0 bridgehead atoms. The maximum absolute atomic E-state index is 13.5. The highest BCUT2D eigenvalue weighted by molar-refractivity contribution is 5.80. The Morgan fingerprint density at radius 1 is 0.976 bits per heavy atom. The van der Waals surface area contributed by atoms with Gasteiger partial charge in [0.1, 0.15) is 5.82 Å². The summed E-state index contributed by atoms with van der Waals surface area (Å²) in [5.41, 5.74) is 5.53. The highest BCUT2D eigenvalue weighted by Gasteiger charge is 2.27. The van der Waals surface area contributed by atoms with Crippen LogP contribution in [-0.4, -0.2) is 36.9 Å². The molecule has 1 aliphatic rings. The number of ether oxygens (including phenoxy) is 2. The molecule has 5 aromatic rings. The van der Waals surface area contributed by atoms with E-state index in [1.54, 1.807) is 16.8 Å². The third kappa shape index (κ3) is 5.55. The fraction of sp³-hybridized carbons (Fsp3) is 0.290. The second-order valence-electron chi connectivity index (χ2n) is 10.5. The lowest BCUT2D eigenvalue weighted by Gasteiger charge is -2.30. The Balaban J connectivity index is 1.37. The molecule has 2 aromatic heterocycles. The van der Waals surface area contributed by atoms with Crippen LogP contribution in [0, 0.1) is 19.7 Å². The Morgan fingerprint density at radius 2 is 1.73 bits per heavy atom. The molecule has 0 saturated heterocycles. The third-order valence-corrected chi connectivity index (χ3v) is 7.66. The Bertz CT molecular complexity index is 1760. The molecule has 1 unspecified atom stereocenters. The first-order valence-corrected chi connectivity index (χ1v) is 13.6. The van der Waals surface area contributed by atoms with Gasteiger partial charge in [-0.25, -0.2) is 9.07 Å². The summed E-state index contributed by atoms with van der Waals surface area (Å²) in [6.07, 6.45) is 0.693. The summed E-state index contributed by atoms with van der Waals surface area (Å²) in [5, 5.41) is 13.6. The predicted octanol–water partition coefficient (Wildman–Crippen LogP) is 5.20. The molecule has 210 valence electrons. The van der Waals surface area contributed by atoms with E-state index in [0.29, 0.717) is 48.9 Å². The van der Waals surface area contributed by atoms with E-state index in [1.807, 2.05) is 37.3 Å². The van der Waals surface area contributed by atoms with Gasteiger partial charge in [0.25, 0.3) is 5.56 Å². The van der Waals surface area contributed by atoms with Crippen LogP contribution in [0.3, 0.4) is 0 Å². The number of pyridine rings is 1. The zero-order valence-electron chi connectivity index (χ0n) is 23.2.